The van der Waals surface area contributed by atoms with Crippen molar-refractivity contribution < 1.29 is 23.9 Å². The number of benzene rings is 3. The average Bonchev–Trinajstić information content (AvgIpc) is 3.50. The van der Waals surface area contributed by atoms with Crippen LogP contribution in [0.1, 0.15) is 45.7 Å². The largest absolute Gasteiger partial charge is 0.493 e. The summed E-state index contributed by atoms with van der Waals surface area (Å²) in [6, 6.07) is 18.9. The summed E-state index contributed by atoms with van der Waals surface area (Å²) in [5.41, 5.74) is 5.22. The maximum absolute atomic E-state index is 13.7. The molecule has 3 amide bonds. The molecule has 1 aromatic heterocycles. The van der Waals surface area contributed by atoms with Gasteiger partial charge in [-0.2, -0.15) is 0 Å². The van der Waals surface area contributed by atoms with Gasteiger partial charge in [-0.15, -0.1) is 0 Å². The monoisotopic (exact) mass is 538 g/mol. The van der Waals surface area contributed by atoms with Crippen LogP contribution >= 0.6 is 0 Å². The summed E-state index contributed by atoms with van der Waals surface area (Å²) in [5, 5.41) is 6.76. The van der Waals surface area contributed by atoms with E-state index in [1.807, 2.05) is 48.5 Å². The summed E-state index contributed by atoms with van der Waals surface area (Å²) in [5.74, 6) is 0.280. The molecule has 3 atom stereocenters. The molecule has 0 saturated carbocycles. The molecule has 3 aromatic carbocycles. The number of methoxy groups -OCH3 is 2. The fourth-order valence-corrected chi connectivity index (χ4v) is 5.85. The third-order valence-electron chi connectivity index (χ3n) is 7.82. The predicted octanol–water partition coefficient (Wildman–Crippen LogP) is 3.48. The van der Waals surface area contributed by atoms with Crippen LogP contribution < -0.4 is 20.1 Å². The van der Waals surface area contributed by atoms with Gasteiger partial charge >= 0.3 is 0 Å². The molecular formula is C31H30N4O5. The van der Waals surface area contributed by atoms with E-state index < -0.39 is 18.1 Å². The van der Waals surface area contributed by atoms with Gasteiger partial charge in [0.25, 0.3) is 5.91 Å². The van der Waals surface area contributed by atoms with Gasteiger partial charge in [-0.05, 0) is 47.9 Å². The van der Waals surface area contributed by atoms with E-state index in [9.17, 15) is 14.4 Å². The van der Waals surface area contributed by atoms with Crippen molar-refractivity contribution in [2.24, 2.45) is 0 Å². The highest BCUT2D eigenvalue weighted by atomic mass is 16.5. The zero-order valence-corrected chi connectivity index (χ0v) is 22.5. The van der Waals surface area contributed by atoms with E-state index in [-0.39, 0.29) is 24.3 Å². The number of ether oxygens (including phenoxy) is 2. The van der Waals surface area contributed by atoms with Crippen molar-refractivity contribution in [3.63, 3.8) is 0 Å². The van der Waals surface area contributed by atoms with Crippen LogP contribution in [0.2, 0.25) is 0 Å². The molecule has 0 spiro atoms. The first kappa shape index (κ1) is 25.5. The normalized spacial score (nSPS) is 18.0. The zero-order valence-electron chi connectivity index (χ0n) is 22.5. The summed E-state index contributed by atoms with van der Waals surface area (Å²) in [7, 11) is 3.11. The molecule has 4 aromatic rings. The molecular weight excluding hydrogens is 508 g/mol. The standard InChI is InChI=1S/C31H30N4O5/c1-17(29(36)32-16-18-12-13-25(39-2)26(14-18)40-3)33-30(37)24-15-22-19-8-6-7-11-23(19)34-27(22)28-20-9-4-5-10-21(20)31(38)35(24)28/h4-14,17,24,28,34H,15-16H2,1-3H3,(H,32,36)(H,33,37). The number of carbonyl (C=O) groups is 3. The van der Waals surface area contributed by atoms with Crippen LogP contribution in [0.25, 0.3) is 10.9 Å². The summed E-state index contributed by atoms with van der Waals surface area (Å²) in [6.45, 7) is 1.89. The molecule has 0 bridgehead atoms. The van der Waals surface area contributed by atoms with Crippen molar-refractivity contribution in [2.45, 2.75) is 38.0 Å². The second-order valence-corrected chi connectivity index (χ2v) is 10.1. The lowest BCUT2D eigenvalue weighted by atomic mass is 9.90. The lowest BCUT2D eigenvalue weighted by molar-refractivity contribution is -0.131. The number of aromatic amines is 1. The van der Waals surface area contributed by atoms with Crippen LogP contribution in [0, 0.1) is 0 Å². The Kier molecular flexibility index (Phi) is 6.42. The Labute approximate surface area is 231 Å². The van der Waals surface area contributed by atoms with Crippen LogP contribution in [-0.4, -0.2) is 53.9 Å². The maximum Gasteiger partial charge on any atom is 0.255 e. The average molecular weight is 539 g/mol. The predicted molar refractivity (Wildman–Crippen MR) is 149 cm³/mol. The van der Waals surface area contributed by atoms with E-state index in [0.717, 1.165) is 33.3 Å². The number of nitrogens with zero attached hydrogens (tertiary/aromatic N) is 1. The van der Waals surface area contributed by atoms with Gasteiger partial charge in [0.1, 0.15) is 12.1 Å². The molecule has 204 valence electrons. The quantitative estimate of drug-likeness (QED) is 0.334. The molecule has 0 fully saturated rings. The molecule has 6 rings (SSSR count). The van der Waals surface area contributed by atoms with E-state index in [2.05, 4.69) is 15.6 Å². The van der Waals surface area contributed by atoms with Gasteiger partial charge in [-0.1, -0.05) is 42.5 Å². The number of carbonyl (C=O) groups excluding carboxylic acids is 3. The summed E-state index contributed by atoms with van der Waals surface area (Å²) < 4.78 is 10.6. The highest BCUT2D eigenvalue weighted by Gasteiger charge is 2.49. The number of hydrogen-bond acceptors (Lipinski definition) is 5. The van der Waals surface area contributed by atoms with E-state index in [0.29, 0.717) is 23.5 Å². The Morgan fingerprint density at radius 3 is 2.58 bits per heavy atom. The van der Waals surface area contributed by atoms with Crippen molar-refractivity contribution in [2.75, 3.05) is 14.2 Å². The smallest absolute Gasteiger partial charge is 0.255 e. The number of para-hydroxylation sites is 1. The van der Waals surface area contributed by atoms with E-state index in [1.165, 1.54) is 0 Å². The van der Waals surface area contributed by atoms with Crippen molar-refractivity contribution in [1.29, 1.82) is 0 Å². The number of rotatable bonds is 7. The number of amides is 3. The first-order valence-corrected chi connectivity index (χ1v) is 13.2. The number of H-pyrrole nitrogens is 1. The first-order valence-electron chi connectivity index (χ1n) is 13.2. The van der Waals surface area contributed by atoms with Crippen LogP contribution in [0.3, 0.4) is 0 Å². The number of hydrogen-bond donors (Lipinski definition) is 3. The van der Waals surface area contributed by atoms with Crippen molar-refractivity contribution in [3.8, 4) is 11.5 Å². The van der Waals surface area contributed by atoms with Crippen LogP contribution in [0.15, 0.2) is 66.7 Å². The Morgan fingerprint density at radius 1 is 1.02 bits per heavy atom. The zero-order chi connectivity index (χ0) is 28.0. The number of nitrogens with one attached hydrogen (secondary N) is 3. The fraction of sp³-hybridized carbons (Fsp3) is 0.258. The molecule has 0 saturated heterocycles. The molecule has 40 heavy (non-hydrogen) atoms. The van der Waals surface area contributed by atoms with Crippen LogP contribution in [-0.2, 0) is 22.6 Å². The minimum Gasteiger partial charge on any atom is -0.493 e. The van der Waals surface area contributed by atoms with E-state index >= 15 is 0 Å². The molecule has 2 aliphatic rings. The Morgan fingerprint density at radius 2 is 1.77 bits per heavy atom. The molecule has 3 heterocycles. The molecule has 2 aliphatic heterocycles. The summed E-state index contributed by atoms with van der Waals surface area (Å²) >= 11 is 0. The summed E-state index contributed by atoms with van der Waals surface area (Å²) in [6.07, 6.45) is 0.349. The number of fused-ring (bicyclic) bond motifs is 7. The van der Waals surface area contributed by atoms with E-state index in [1.54, 1.807) is 44.2 Å². The van der Waals surface area contributed by atoms with Gasteiger partial charge < -0.3 is 30.0 Å². The van der Waals surface area contributed by atoms with Gasteiger partial charge in [0.15, 0.2) is 11.5 Å². The van der Waals surface area contributed by atoms with Gasteiger partial charge in [0.05, 0.1) is 20.3 Å². The highest BCUT2D eigenvalue weighted by molar-refractivity contribution is 6.04. The van der Waals surface area contributed by atoms with Crippen molar-refractivity contribution in [1.82, 2.24) is 20.5 Å². The highest BCUT2D eigenvalue weighted by Crippen LogP contribution is 2.46. The summed E-state index contributed by atoms with van der Waals surface area (Å²) in [4.78, 5) is 45.4. The van der Waals surface area contributed by atoms with Gasteiger partial charge in [-0.3, -0.25) is 14.4 Å². The lowest BCUT2D eigenvalue weighted by Crippen LogP contribution is -2.55. The molecule has 9 nitrogen and oxygen atoms in total. The van der Waals surface area contributed by atoms with Crippen LogP contribution in [0.4, 0.5) is 0 Å². The fourth-order valence-electron chi connectivity index (χ4n) is 5.85. The minimum absolute atomic E-state index is 0.185. The number of aromatic nitrogens is 1. The molecule has 3 N–H and O–H groups in total. The topological polar surface area (TPSA) is 113 Å². The van der Waals surface area contributed by atoms with E-state index in [4.69, 9.17) is 9.47 Å². The third kappa shape index (κ3) is 4.14. The molecule has 0 aliphatic carbocycles. The molecule has 0 radical (unpaired) electrons. The lowest BCUT2D eigenvalue weighted by Gasteiger charge is -2.37. The van der Waals surface area contributed by atoms with Gasteiger partial charge in [-0.25, -0.2) is 0 Å². The Balaban J connectivity index is 1.22. The second-order valence-electron chi connectivity index (χ2n) is 10.1. The van der Waals surface area contributed by atoms with Gasteiger partial charge in [0, 0.05) is 35.1 Å². The third-order valence-corrected chi connectivity index (χ3v) is 7.82. The SMILES string of the molecule is COc1ccc(CNC(=O)C(C)NC(=O)C2Cc3c([nH]c4ccccc34)C3c4ccccc4C(=O)N23)cc1OC. The Bertz CT molecular complexity index is 1640. The Hall–Kier alpha value is -4.79. The maximum atomic E-state index is 13.7. The molecule has 3 unspecified atom stereocenters. The molecule has 9 heteroatoms. The van der Waals surface area contributed by atoms with Gasteiger partial charge in [0.2, 0.25) is 11.8 Å². The van der Waals surface area contributed by atoms with Crippen LogP contribution in [0.5, 0.6) is 11.5 Å². The van der Waals surface area contributed by atoms with Crippen molar-refractivity contribution >= 4 is 28.6 Å². The minimum atomic E-state index is -0.810. The second kappa shape index (κ2) is 10.1. The first-order chi connectivity index (χ1) is 19.4. The van der Waals surface area contributed by atoms with Crippen molar-refractivity contribution in [3.05, 3.63) is 94.7 Å².